The number of carbonyl (C=O) groups is 2. The van der Waals surface area contributed by atoms with Crippen LogP contribution in [0.2, 0.25) is 0 Å². The van der Waals surface area contributed by atoms with E-state index in [9.17, 15) is 27.6 Å². The first-order chi connectivity index (χ1) is 9.84. The van der Waals surface area contributed by atoms with Gasteiger partial charge in [0.15, 0.2) is 0 Å². The molecule has 0 rings (SSSR count). The van der Waals surface area contributed by atoms with Crippen molar-refractivity contribution in [2.24, 2.45) is 0 Å². The van der Waals surface area contributed by atoms with Crippen LogP contribution in [-0.4, -0.2) is 65.8 Å². The smallest absolute Gasteiger partial charge is 0.401 e. The van der Waals surface area contributed by atoms with Gasteiger partial charge < -0.3 is 20.0 Å². The maximum atomic E-state index is 12.5. The summed E-state index contributed by atoms with van der Waals surface area (Å²) >= 11 is 0. The standard InChI is InChI=1S/C12H18F3N2O5.Fm/c1-11(2,3)22-9(19)5-17(6-12(13,14)15)4-8(10(20)21)16-7-18;/h8H,4-6H2,1-3H3,(H,16,18)(H,20,21);/q-1;. The van der Waals surface area contributed by atoms with Crippen molar-refractivity contribution in [3.05, 3.63) is 0 Å². The summed E-state index contributed by atoms with van der Waals surface area (Å²) < 4.78 is 42.4. The van der Waals surface area contributed by atoms with Crippen LogP contribution in [0.5, 0.6) is 0 Å². The quantitative estimate of drug-likeness (QED) is 0.242. The number of amides is 1. The van der Waals surface area contributed by atoms with Crippen molar-refractivity contribution in [1.82, 2.24) is 10.2 Å². The van der Waals surface area contributed by atoms with Gasteiger partial charge in [-0.05, 0) is 20.8 Å². The molecule has 0 bridgehead atoms. The first-order valence-electron chi connectivity index (χ1n) is 6.20. The maximum absolute atomic E-state index is 12.5. The molecule has 140 valence electrons. The van der Waals surface area contributed by atoms with E-state index in [1.165, 1.54) is 0 Å². The van der Waals surface area contributed by atoms with Crippen molar-refractivity contribution >= 4 is 18.3 Å². The van der Waals surface area contributed by atoms with Crippen LogP contribution >= 0.6 is 0 Å². The number of alkyl halides is 3. The zero-order chi connectivity index (χ0) is 17.6. The monoisotopic (exact) mass is 584 g/mol. The maximum Gasteiger partial charge on any atom is 0.401 e. The summed E-state index contributed by atoms with van der Waals surface area (Å²) in [5.74, 6) is -2.48. The molecule has 1 amide bonds. The van der Waals surface area contributed by atoms with Crippen LogP contribution in [0.3, 0.4) is 0 Å². The van der Waals surface area contributed by atoms with Crippen molar-refractivity contribution < 1.29 is 37.4 Å². The SMILES string of the molecule is CC(C)(C)OC(=O)CN(CC(N[C-]=O)C(=O)O)CC(F)(F)F.[Fm]. The van der Waals surface area contributed by atoms with Gasteiger partial charge in [0.05, 0.1) is 13.1 Å². The summed E-state index contributed by atoms with van der Waals surface area (Å²) in [5, 5.41) is 10.6. The summed E-state index contributed by atoms with van der Waals surface area (Å²) in [4.78, 5) is 33.1. The number of carbonyl (C=O) groups excluding carboxylic acids is 2. The average Bonchev–Trinajstić information content (AvgIpc) is 2.22. The van der Waals surface area contributed by atoms with Gasteiger partial charge in [0.25, 0.3) is 0 Å². The van der Waals surface area contributed by atoms with E-state index in [2.05, 4.69) is 0 Å². The van der Waals surface area contributed by atoms with Crippen molar-refractivity contribution in [2.75, 3.05) is 19.6 Å². The van der Waals surface area contributed by atoms with Crippen molar-refractivity contribution in [2.45, 2.75) is 38.6 Å². The predicted molar refractivity (Wildman–Crippen MR) is 68.6 cm³/mol. The molecule has 0 aromatic rings. The van der Waals surface area contributed by atoms with Crippen LogP contribution in [0.1, 0.15) is 20.8 Å². The van der Waals surface area contributed by atoms with Crippen LogP contribution in [0, 0.1) is 0 Å². The summed E-state index contributed by atoms with van der Waals surface area (Å²) in [6.07, 6.45) is -3.54. The zero-order valence-electron chi connectivity index (χ0n) is 12.6. The van der Waals surface area contributed by atoms with Gasteiger partial charge in [0.1, 0.15) is 11.6 Å². The molecule has 0 fully saturated rings. The normalized spacial score (nSPS) is 13.0. The van der Waals surface area contributed by atoms with E-state index >= 15 is 0 Å². The Labute approximate surface area is 125 Å². The minimum Gasteiger partial charge on any atom is -0.520 e. The molecule has 0 aliphatic carbocycles. The number of carboxylic acid groups (broad SMARTS) is 1. The topological polar surface area (TPSA) is 95.9 Å². The van der Waals surface area contributed by atoms with E-state index in [-0.39, 0.29) is 0 Å². The van der Waals surface area contributed by atoms with E-state index in [0.29, 0.717) is 4.90 Å². The molecule has 0 saturated carbocycles. The first kappa shape index (κ1) is 22.4. The van der Waals surface area contributed by atoms with Gasteiger partial charge in [-0.15, -0.1) is 0 Å². The second-order valence-corrected chi connectivity index (χ2v) is 5.51. The Hall–Kier alpha value is -2.84. The van der Waals surface area contributed by atoms with Crippen LogP contribution in [0.4, 0.5) is 13.2 Å². The molecule has 1 atom stereocenters. The second-order valence-electron chi connectivity index (χ2n) is 5.51. The Morgan fingerprint density at radius 3 is 2.17 bits per heavy atom. The molecule has 23 heavy (non-hydrogen) atoms. The fraction of sp³-hybridized carbons (Fsp3) is 0.750. The average molecular weight is 584 g/mol. The first-order valence-corrected chi connectivity index (χ1v) is 6.20. The molecule has 11 heteroatoms. The van der Waals surface area contributed by atoms with Crippen LogP contribution in [0.15, 0.2) is 0 Å². The Kier molecular flexibility index (Phi) is 8.36. The molecule has 0 aromatic carbocycles. The summed E-state index contributed by atoms with van der Waals surface area (Å²) in [7, 11) is 0. The van der Waals surface area contributed by atoms with Gasteiger partial charge in [-0.25, -0.2) is 0 Å². The molecule has 0 heterocycles. The van der Waals surface area contributed by atoms with Crippen LogP contribution in [0.25, 0.3) is 0 Å². The number of esters is 1. The molecule has 0 aliphatic heterocycles. The van der Waals surface area contributed by atoms with Gasteiger partial charge in [-0.3, -0.25) is 14.5 Å². The van der Waals surface area contributed by atoms with Gasteiger partial charge >= 0.3 is 18.1 Å². The number of nitrogens with one attached hydrogen (secondary N) is 1. The number of hydrogen-bond acceptors (Lipinski definition) is 5. The minimum atomic E-state index is -4.64. The van der Waals surface area contributed by atoms with E-state index < -0.39 is 49.4 Å². The van der Waals surface area contributed by atoms with Crippen LogP contribution < -0.4 is 5.32 Å². The van der Waals surface area contributed by atoms with E-state index in [1.54, 1.807) is 26.1 Å². The molecule has 0 spiro atoms. The third-order valence-corrected chi connectivity index (χ3v) is 2.15. The van der Waals surface area contributed by atoms with E-state index in [0.717, 1.165) is 6.41 Å². The molecule has 1 unspecified atom stereocenters. The zero-order valence-corrected chi connectivity index (χ0v) is 15.1. The molecule has 2 N–H and O–H groups in total. The molecule has 0 saturated heterocycles. The number of carboxylic acids is 1. The van der Waals surface area contributed by atoms with Gasteiger partial charge in [0, 0.05) is 6.54 Å². The van der Waals surface area contributed by atoms with Gasteiger partial charge in [0.2, 0.25) is 0 Å². The van der Waals surface area contributed by atoms with Crippen LogP contribution in [-0.2, 0) is 19.1 Å². The van der Waals surface area contributed by atoms with Crippen molar-refractivity contribution in [3.8, 4) is 0 Å². The van der Waals surface area contributed by atoms with E-state index in [1.807, 2.05) is 0 Å². The fourth-order valence-electron chi connectivity index (χ4n) is 1.51. The Morgan fingerprint density at radius 2 is 1.83 bits per heavy atom. The van der Waals surface area contributed by atoms with Gasteiger partial charge in [-0.1, -0.05) is 0 Å². The summed E-state index contributed by atoms with van der Waals surface area (Å²) in [5.41, 5.74) is -0.887. The third-order valence-electron chi connectivity index (χ3n) is 2.15. The number of rotatable bonds is 8. The molecular formula is C12H18F3FmN2O5-. The van der Waals surface area contributed by atoms with E-state index in [4.69, 9.17) is 9.84 Å². The Balaban J connectivity index is 0. The number of ether oxygens (including phenoxy) is 1. The summed E-state index contributed by atoms with van der Waals surface area (Å²) in [6, 6.07) is -1.62. The van der Waals surface area contributed by atoms with Crippen molar-refractivity contribution in [3.63, 3.8) is 0 Å². The van der Waals surface area contributed by atoms with Gasteiger partial charge in [-0.2, -0.15) is 19.6 Å². The molecular weight excluding hydrogens is 566 g/mol. The number of hydrogen-bond donors (Lipinski definition) is 2. The predicted octanol–water partition coefficient (Wildman–Crippen LogP) is 0.302. The molecule has 0 radical (unpaired) electrons. The van der Waals surface area contributed by atoms with Crippen molar-refractivity contribution in [1.29, 1.82) is 0 Å². The Morgan fingerprint density at radius 1 is 1.30 bits per heavy atom. The number of nitrogens with zero attached hydrogens (tertiary/aromatic N) is 1. The Bertz CT molecular complexity index is 412. The summed E-state index contributed by atoms with van der Waals surface area (Å²) in [6.45, 7) is 1.63. The minimum absolute atomic E-state index is 0. The molecule has 0 aliphatic rings. The largest absolute Gasteiger partial charge is 0.520 e. The number of halogens is 3. The molecule has 7 nitrogen and oxygen atoms in total. The molecule has 0 aromatic heterocycles. The number of aliphatic carboxylic acids is 1. The second kappa shape index (κ2) is 8.57. The third kappa shape index (κ3) is 11.5. The fourth-order valence-corrected chi connectivity index (χ4v) is 1.51.